The second-order valence-electron chi connectivity index (χ2n) is 9.76. The monoisotopic (exact) mass is 528 g/mol. The predicted molar refractivity (Wildman–Crippen MR) is 115 cm³/mol. The molecule has 4 unspecified atom stereocenters. The molecule has 3 N–H and O–H groups in total. The number of aromatic amines is 1. The molecule has 3 aliphatic rings. The zero-order valence-electron chi connectivity index (χ0n) is 19.5. The van der Waals surface area contributed by atoms with Crippen LogP contribution in [0.4, 0.5) is 30.7 Å². The van der Waals surface area contributed by atoms with Crippen molar-refractivity contribution in [2.24, 2.45) is 17.6 Å². The van der Waals surface area contributed by atoms with Gasteiger partial charge >= 0.3 is 18.0 Å². The molecule has 0 bridgehead atoms. The van der Waals surface area contributed by atoms with Gasteiger partial charge in [0.05, 0.1) is 18.5 Å². The lowest BCUT2D eigenvalue weighted by Crippen LogP contribution is -2.61. The summed E-state index contributed by atoms with van der Waals surface area (Å²) in [5.74, 6) is -4.57. The minimum atomic E-state index is -5.49. The number of nitrogens with zero attached hydrogens (tertiary/aromatic N) is 2. The van der Waals surface area contributed by atoms with Crippen molar-refractivity contribution in [1.82, 2.24) is 14.5 Å². The first-order valence-corrected chi connectivity index (χ1v) is 11.6. The molecule has 0 aromatic carbocycles. The molecule has 36 heavy (non-hydrogen) atoms. The summed E-state index contributed by atoms with van der Waals surface area (Å²) in [5.41, 5.74) is 4.76. The molecule has 2 fully saturated rings. The van der Waals surface area contributed by atoms with E-state index in [0.717, 1.165) is 0 Å². The molecule has 2 aliphatic carbocycles. The minimum Gasteiger partial charge on any atom is -0.497 e. The number of ether oxygens (including phenoxy) is 1. The van der Waals surface area contributed by atoms with Crippen LogP contribution >= 0.6 is 0 Å². The molecular formula is C22H27F7N4O3. The van der Waals surface area contributed by atoms with Crippen LogP contribution in [0.5, 0.6) is 0 Å². The molecule has 0 radical (unpaired) electrons. The maximum Gasteiger partial charge on any atom is 0.400 e. The molecular weight excluding hydrogens is 501 g/mol. The third-order valence-corrected chi connectivity index (χ3v) is 7.42. The summed E-state index contributed by atoms with van der Waals surface area (Å²) in [5, 5.41) is 0.153. The molecule has 0 amide bonds. The lowest BCUT2D eigenvalue weighted by atomic mass is 9.89. The van der Waals surface area contributed by atoms with Gasteiger partial charge in [-0.15, -0.1) is 0 Å². The van der Waals surface area contributed by atoms with E-state index < -0.39 is 60.1 Å². The number of halogens is 7. The van der Waals surface area contributed by atoms with Crippen molar-refractivity contribution in [2.75, 3.05) is 20.2 Å². The van der Waals surface area contributed by atoms with Crippen molar-refractivity contribution < 1.29 is 35.5 Å². The van der Waals surface area contributed by atoms with Crippen molar-refractivity contribution in [3.05, 3.63) is 31.4 Å². The number of nitrogens with two attached hydrogens (primary N) is 1. The molecule has 1 aliphatic heterocycles. The van der Waals surface area contributed by atoms with Gasteiger partial charge in [-0.25, -0.2) is 9.18 Å². The van der Waals surface area contributed by atoms with Gasteiger partial charge in [0.15, 0.2) is 12.1 Å². The van der Waals surface area contributed by atoms with Gasteiger partial charge in [0, 0.05) is 18.6 Å². The highest BCUT2D eigenvalue weighted by atomic mass is 19.4. The predicted octanol–water partition coefficient (Wildman–Crippen LogP) is 1.30. The first-order chi connectivity index (χ1) is 16.7. The van der Waals surface area contributed by atoms with E-state index in [9.17, 15) is 35.9 Å². The highest BCUT2D eigenvalue weighted by molar-refractivity contribution is 5.60. The summed E-state index contributed by atoms with van der Waals surface area (Å²) in [4.78, 5) is 29.0. The van der Waals surface area contributed by atoms with E-state index >= 15 is 4.39 Å². The smallest absolute Gasteiger partial charge is 0.400 e. The van der Waals surface area contributed by atoms with Crippen molar-refractivity contribution in [1.29, 1.82) is 0 Å². The summed E-state index contributed by atoms with van der Waals surface area (Å²) < 4.78 is 101. The van der Waals surface area contributed by atoms with E-state index in [1.165, 1.54) is 11.7 Å². The first-order valence-electron chi connectivity index (χ1n) is 11.6. The summed E-state index contributed by atoms with van der Waals surface area (Å²) in [6.45, 7) is 1.68. The number of hydrogen-bond acceptors (Lipinski definition) is 5. The summed E-state index contributed by atoms with van der Waals surface area (Å²) >= 11 is 0. The second kappa shape index (κ2) is 9.19. The van der Waals surface area contributed by atoms with Crippen LogP contribution in [0.2, 0.25) is 0 Å². The fraction of sp³-hybridized carbons (Fsp3) is 0.727. The third kappa shape index (κ3) is 4.69. The van der Waals surface area contributed by atoms with Crippen LogP contribution in [0.3, 0.4) is 0 Å². The molecule has 1 saturated carbocycles. The molecule has 4 atom stereocenters. The Morgan fingerprint density at radius 2 is 1.72 bits per heavy atom. The topological polar surface area (TPSA) is 93.3 Å². The zero-order chi connectivity index (χ0) is 26.7. The molecule has 202 valence electrons. The van der Waals surface area contributed by atoms with Gasteiger partial charge in [0.2, 0.25) is 0 Å². The van der Waals surface area contributed by atoms with Gasteiger partial charge in [-0.05, 0) is 50.6 Å². The first kappa shape index (κ1) is 26.7. The van der Waals surface area contributed by atoms with Crippen LogP contribution in [-0.2, 0) is 4.74 Å². The van der Waals surface area contributed by atoms with Gasteiger partial charge in [-0.2, -0.15) is 26.3 Å². The van der Waals surface area contributed by atoms with Gasteiger partial charge in [0.1, 0.15) is 11.0 Å². The fourth-order valence-electron chi connectivity index (χ4n) is 5.50. The van der Waals surface area contributed by atoms with Crippen molar-refractivity contribution in [3.8, 4) is 0 Å². The number of aromatic nitrogens is 2. The molecule has 4 rings (SSSR count). The van der Waals surface area contributed by atoms with Crippen LogP contribution in [0.15, 0.2) is 9.59 Å². The standard InChI is InChI=1S/C22H27F7N4O3/c1-9-16-14(19(34)31-20(35)33(16)11-3-4-11)18(36-2)15(23)17(9)32-6-5-10(8-32)12(30)7-13(21(24,25)26)22(27,28)29/h10-13,15,17H,3-8,30H2,1-2H3,(H,31,34,35). The second-order valence-corrected chi connectivity index (χ2v) is 9.76. The molecule has 1 saturated heterocycles. The highest BCUT2D eigenvalue weighted by Gasteiger charge is 2.57. The Labute approximate surface area is 200 Å². The Kier molecular flexibility index (Phi) is 6.82. The number of methoxy groups -OCH3 is 1. The largest absolute Gasteiger partial charge is 0.497 e. The quantitative estimate of drug-likeness (QED) is 0.544. The number of alkyl halides is 7. The van der Waals surface area contributed by atoms with Crippen molar-refractivity contribution in [3.63, 3.8) is 0 Å². The number of rotatable bonds is 6. The lowest BCUT2D eigenvalue weighted by Gasteiger charge is -2.35. The average molecular weight is 528 g/mol. The van der Waals surface area contributed by atoms with Gasteiger partial charge < -0.3 is 10.5 Å². The normalized spacial score (nSPS) is 26.5. The summed E-state index contributed by atoms with van der Waals surface area (Å²) in [6.07, 6.45) is -12.6. The average Bonchev–Trinajstić information content (AvgIpc) is 3.47. The SMILES string of the molecule is COC1=c2c(=O)[nH]c(=O)n(C3CC3)c2=C(C)C(N2CCC(C(N)CC(C(F)(F)F)C(F)(F)F)C2)C1F. The van der Waals surface area contributed by atoms with Crippen LogP contribution < -0.4 is 27.6 Å². The van der Waals surface area contributed by atoms with Gasteiger partial charge in [0.25, 0.3) is 5.56 Å². The van der Waals surface area contributed by atoms with Gasteiger partial charge in [-0.1, -0.05) is 0 Å². The maximum absolute atomic E-state index is 15.8. The molecule has 14 heteroatoms. The molecule has 1 aromatic heterocycles. The molecule has 2 heterocycles. The maximum atomic E-state index is 15.8. The van der Waals surface area contributed by atoms with Crippen molar-refractivity contribution in [2.45, 2.75) is 69.3 Å². The molecule has 0 spiro atoms. The number of H-pyrrole nitrogens is 1. The van der Waals surface area contributed by atoms with E-state index in [1.807, 2.05) is 0 Å². The molecule has 1 aromatic rings. The van der Waals surface area contributed by atoms with Crippen LogP contribution in [0.1, 0.15) is 38.6 Å². The number of likely N-dealkylation sites (tertiary alicyclic amines) is 1. The summed E-state index contributed by atoms with van der Waals surface area (Å²) in [6, 6.07) is -2.62. The van der Waals surface area contributed by atoms with E-state index in [4.69, 9.17) is 10.5 Å². The Hall–Kier alpha value is -2.35. The Balaban J connectivity index is 1.68. The van der Waals surface area contributed by atoms with E-state index in [2.05, 4.69) is 4.98 Å². The van der Waals surface area contributed by atoms with E-state index in [1.54, 1.807) is 11.8 Å². The summed E-state index contributed by atoms with van der Waals surface area (Å²) in [7, 11) is 1.19. The number of fused-ring (bicyclic) bond motifs is 1. The third-order valence-electron chi connectivity index (χ3n) is 7.42. The van der Waals surface area contributed by atoms with Crippen LogP contribution in [0.25, 0.3) is 11.3 Å². The highest BCUT2D eigenvalue weighted by Crippen LogP contribution is 2.43. The van der Waals surface area contributed by atoms with Crippen molar-refractivity contribution >= 4 is 11.3 Å². The van der Waals surface area contributed by atoms with Crippen LogP contribution in [0, 0.1) is 11.8 Å². The Morgan fingerprint density at radius 3 is 2.25 bits per heavy atom. The van der Waals surface area contributed by atoms with Gasteiger partial charge in [-0.3, -0.25) is 19.2 Å². The van der Waals surface area contributed by atoms with E-state index in [-0.39, 0.29) is 41.9 Å². The zero-order valence-corrected chi connectivity index (χ0v) is 19.5. The lowest BCUT2D eigenvalue weighted by molar-refractivity contribution is -0.287. The number of nitrogens with one attached hydrogen (secondary N) is 1. The Morgan fingerprint density at radius 1 is 1.11 bits per heavy atom. The van der Waals surface area contributed by atoms with E-state index in [0.29, 0.717) is 18.4 Å². The number of hydrogen-bond donors (Lipinski definition) is 2. The molecule has 7 nitrogen and oxygen atoms in total. The Bertz CT molecular complexity index is 1230. The minimum absolute atomic E-state index is 0.0464. The van der Waals surface area contributed by atoms with Crippen LogP contribution in [-0.4, -0.2) is 65.3 Å². The fourth-order valence-corrected chi connectivity index (χ4v) is 5.50.